The first-order chi connectivity index (χ1) is 12.3. The molecular weight excluding hydrogens is 463 g/mol. The van der Waals surface area contributed by atoms with Crippen LogP contribution < -0.4 is 10.2 Å². The smallest absolute Gasteiger partial charge is 0.270 e. The van der Waals surface area contributed by atoms with Crippen molar-refractivity contribution in [2.45, 2.75) is 0 Å². The molecule has 2 aromatic carbocycles. The maximum absolute atomic E-state index is 12.9. The Labute approximate surface area is 172 Å². The lowest BCUT2D eigenvalue weighted by molar-refractivity contribution is -0.122. The van der Waals surface area contributed by atoms with Crippen LogP contribution in [0, 0.1) is 0 Å². The Morgan fingerprint density at radius 1 is 1.12 bits per heavy atom. The Kier molecular flexibility index (Phi) is 5.34. The lowest BCUT2D eigenvalue weighted by Crippen LogP contribution is -2.54. The molecule has 1 heterocycles. The second kappa shape index (κ2) is 7.36. The summed E-state index contributed by atoms with van der Waals surface area (Å²) < 4.78 is 0.339. The van der Waals surface area contributed by atoms with E-state index in [4.69, 9.17) is 35.4 Å². The van der Waals surface area contributed by atoms with Crippen LogP contribution in [0.15, 0.2) is 46.4 Å². The zero-order valence-corrected chi connectivity index (χ0v) is 16.7. The zero-order valence-electron chi connectivity index (χ0n) is 12.8. The molecule has 2 amide bonds. The highest BCUT2D eigenvalue weighted by atomic mass is 79.9. The Morgan fingerprint density at radius 3 is 2.42 bits per heavy atom. The average molecular weight is 472 g/mol. The number of nitrogens with zero attached hydrogens (tertiary/aromatic N) is 1. The van der Waals surface area contributed by atoms with Crippen molar-refractivity contribution in [3.63, 3.8) is 0 Å². The molecule has 0 radical (unpaired) electrons. The monoisotopic (exact) mass is 470 g/mol. The number of aromatic hydroxyl groups is 1. The van der Waals surface area contributed by atoms with Gasteiger partial charge < -0.3 is 5.11 Å². The zero-order chi connectivity index (χ0) is 19.0. The van der Waals surface area contributed by atoms with Crippen molar-refractivity contribution < 1.29 is 14.7 Å². The summed E-state index contributed by atoms with van der Waals surface area (Å²) in [4.78, 5) is 26.3. The van der Waals surface area contributed by atoms with Crippen LogP contribution in [0.3, 0.4) is 0 Å². The molecule has 132 valence electrons. The van der Waals surface area contributed by atoms with E-state index in [2.05, 4.69) is 21.2 Å². The number of benzene rings is 2. The predicted molar refractivity (Wildman–Crippen MR) is 108 cm³/mol. The maximum Gasteiger partial charge on any atom is 0.270 e. The fourth-order valence-corrected chi connectivity index (χ4v) is 3.57. The molecular formula is C17H9BrCl2N2O3S. The van der Waals surface area contributed by atoms with Gasteiger partial charge >= 0.3 is 0 Å². The van der Waals surface area contributed by atoms with E-state index in [1.807, 2.05) is 0 Å². The molecule has 1 saturated heterocycles. The molecule has 1 aliphatic heterocycles. The summed E-state index contributed by atoms with van der Waals surface area (Å²) in [7, 11) is 0. The molecule has 1 fully saturated rings. The molecule has 0 aliphatic carbocycles. The van der Waals surface area contributed by atoms with Crippen LogP contribution in [-0.2, 0) is 9.59 Å². The fourth-order valence-electron chi connectivity index (χ4n) is 2.33. The number of phenols is 1. The van der Waals surface area contributed by atoms with Gasteiger partial charge in [-0.1, -0.05) is 23.2 Å². The first-order valence-corrected chi connectivity index (χ1v) is 9.08. The predicted octanol–water partition coefficient (Wildman–Crippen LogP) is 4.29. The molecule has 1 aliphatic rings. The molecule has 2 N–H and O–H groups in total. The van der Waals surface area contributed by atoms with Gasteiger partial charge in [0.25, 0.3) is 11.8 Å². The third kappa shape index (κ3) is 3.61. The largest absolute Gasteiger partial charge is 0.506 e. The summed E-state index contributed by atoms with van der Waals surface area (Å²) in [5.41, 5.74) is 0.469. The van der Waals surface area contributed by atoms with Gasteiger partial charge in [-0.15, -0.1) is 0 Å². The first-order valence-electron chi connectivity index (χ1n) is 7.13. The highest BCUT2D eigenvalue weighted by Gasteiger charge is 2.34. The molecule has 9 heteroatoms. The molecule has 0 atom stereocenters. The fraction of sp³-hybridized carbons (Fsp3) is 0. The van der Waals surface area contributed by atoms with Crippen molar-refractivity contribution >= 4 is 80.0 Å². The number of phenolic OH excluding ortho intramolecular Hbond substituents is 1. The number of amides is 2. The van der Waals surface area contributed by atoms with Crippen molar-refractivity contribution in [1.29, 1.82) is 0 Å². The summed E-state index contributed by atoms with van der Waals surface area (Å²) in [6.45, 7) is 0. The standard InChI is InChI=1S/C17H9BrCl2N2O3S/c18-13-7-10(20)5-8(14(13)23)6-12-15(24)21-17(26)22(16(12)25)11-3-1-9(19)2-4-11/h1-7,23H,(H,21,24,26)/b12-6+. The second-order valence-corrected chi connectivity index (χ2v) is 7.37. The van der Waals surface area contributed by atoms with Gasteiger partial charge in [0, 0.05) is 15.6 Å². The number of thiocarbonyl (C=S) groups is 1. The minimum absolute atomic E-state index is 0.0454. The van der Waals surface area contributed by atoms with Crippen LogP contribution in [0.4, 0.5) is 5.69 Å². The van der Waals surface area contributed by atoms with Gasteiger partial charge in [0.2, 0.25) is 0 Å². The number of halogens is 3. The SMILES string of the molecule is O=C1NC(=S)N(c2ccc(Cl)cc2)C(=O)/C1=C/c1cc(Cl)cc(Br)c1O. The molecule has 26 heavy (non-hydrogen) atoms. The highest BCUT2D eigenvalue weighted by Crippen LogP contribution is 2.33. The van der Waals surface area contributed by atoms with E-state index in [9.17, 15) is 14.7 Å². The van der Waals surface area contributed by atoms with E-state index in [-0.39, 0.29) is 22.0 Å². The van der Waals surface area contributed by atoms with Crippen molar-refractivity contribution in [3.8, 4) is 5.75 Å². The summed E-state index contributed by atoms with van der Waals surface area (Å²) in [6, 6.07) is 9.36. The molecule has 0 unspecified atom stereocenters. The van der Waals surface area contributed by atoms with Crippen LogP contribution in [-0.4, -0.2) is 22.0 Å². The van der Waals surface area contributed by atoms with E-state index in [1.54, 1.807) is 24.3 Å². The number of hydrogen-bond acceptors (Lipinski definition) is 4. The topological polar surface area (TPSA) is 69.6 Å². The lowest BCUT2D eigenvalue weighted by Gasteiger charge is -2.29. The Morgan fingerprint density at radius 2 is 1.77 bits per heavy atom. The van der Waals surface area contributed by atoms with Gasteiger partial charge in [-0.2, -0.15) is 0 Å². The Balaban J connectivity index is 2.07. The number of anilines is 1. The van der Waals surface area contributed by atoms with E-state index < -0.39 is 11.8 Å². The molecule has 5 nitrogen and oxygen atoms in total. The minimum Gasteiger partial charge on any atom is -0.506 e. The van der Waals surface area contributed by atoms with E-state index in [0.717, 1.165) is 0 Å². The molecule has 0 aromatic heterocycles. The lowest BCUT2D eigenvalue weighted by atomic mass is 10.1. The van der Waals surface area contributed by atoms with Gasteiger partial charge in [0.1, 0.15) is 11.3 Å². The van der Waals surface area contributed by atoms with Crippen molar-refractivity contribution in [2.75, 3.05) is 4.90 Å². The summed E-state index contributed by atoms with van der Waals surface area (Å²) in [6.07, 6.45) is 1.26. The number of hydrogen-bond donors (Lipinski definition) is 2. The quantitative estimate of drug-likeness (QED) is 0.389. The first kappa shape index (κ1) is 18.8. The highest BCUT2D eigenvalue weighted by molar-refractivity contribution is 9.10. The van der Waals surface area contributed by atoms with Crippen LogP contribution >= 0.6 is 51.3 Å². The summed E-state index contributed by atoms with van der Waals surface area (Å²) in [5.74, 6) is -1.44. The van der Waals surface area contributed by atoms with Gasteiger partial charge in [0.15, 0.2) is 5.11 Å². The third-order valence-corrected chi connectivity index (χ3v) is 4.90. The van der Waals surface area contributed by atoms with Gasteiger partial charge in [-0.25, -0.2) is 0 Å². The van der Waals surface area contributed by atoms with Crippen molar-refractivity contribution in [1.82, 2.24) is 5.32 Å². The number of nitrogens with one attached hydrogen (secondary N) is 1. The average Bonchev–Trinajstić information content (AvgIpc) is 2.57. The number of carbonyl (C=O) groups is 2. The summed E-state index contributed by atoms with van der Waals surface area (Å²) in [5, 5.41) is 13.4. The molecule has 2 aromatic rings. The maximum atomic E-state index is 12.9. The van der Waals surface area contributed by atoms with Gasteiger partial charge in [-0.3, -0.25) is 19.8 Å². The Hall–Kier alpha value is -1.93. The van der Waals surface area contributed by atoms with Gasteiger partial charge in [-0.05, 0) is 70.6 Å². The minimum atomic E-state index is -0.666. The van der Waals surface area contributed by atoms with E-state index in [1.165, 1.54) is 23.1 Å². The summed E-state index contributed by atoms with van der Waals surface area (Å²) >= 11 is 20.1. The molecule has 0 spiro atoms. The molecule has 0 saturated carbocycles. The van der Waals surface area contributed by atoms with Crippen molar-refractivity contribution in [2.24, 2.45) is 0 Å². The Bertz CT molecular complexity index is 977. The number of rotatable bonds is 2. The van der Waals surface area contributed by atoms with Crippen LogP contribution in [0.1, 0.15) is 5.56 Å². The normalized spacial score (nSPS) is 16.2. The van der Waals surface area contributed by atoms with Crippen LogP contribution in [0.2, 0.25) is 10.0 Å². The van der Waals surface area contributed by atoms with Crippen LogP contribution in [0.5, 0.6) is 5.75 Å². The number of carbonyl (C=O) groups excluding carboxylic acids is 2. The van der Waals surface area contributed by atoms with Crippen molar-refractivity contribution in [3.05, 3.63) is 62.1 Å². The van der Waals surface area contributed by atoms with Crippen LogP contribution in [0.25, 0.3) is 6.08 Å². The second-order valence-electron chi connectivity index (χ2n) is 5.26. The molecule has 0 bridgehead atoms. The molecule has 3 rings (SSSR count). The third-order valence-electron chi connectivity index (χ3n) is 3.54. The van der Waals surface area contributed by atoms with E-state index in [0.29, 0.717) is 20.2 Å². The van der Waals surface area contributed by atoms with E-state index >= 15 is 0 Å². The van der Waals surface area contributed by atoms with Gasteiger partial charge in [0.05, 0.1) is 10.2 Å².